The lowest BCUT2D eigenvalue weighted by atomic mass is 10.1. The lowest BCUT2D eigenvalue weighted by molar-refractivity contribution is 0.0950. The lowest BCUT2D eigenvalue weighted by Gasteiger charge is -2.19. The van der Waals surface area contributed by atoms with Crippen LogP contribution in [0.3, 0.4) is 0 Å². The molecule has 2 aromatic rings. The Balaban J connectivity index is 2.27. The third-order valence-corrected chi connectivity index (χ3v) is 6.35. The van der Waals surface area contributed by atoms with E-state index in [0.717, 1.165) is 18.2 Å². The van der Waals surface area contributed by atoms with Gasteiger partial charge in [-0.25, -0.2) is 17.2 Å². The number of amides is 1. The molecule has 0 aliphatic rings. The number of rotatable bonds is 7. The van der Waals surface area contributed by atoms with Crippen molar-refractivity contribution in [2.75, 3.05) is 13.1 Å². The first-order valence-corrected chi connectivity index (χ1v) is 10.0. The zero-order valence-corrected chi connectivity index (χ0v) is 16.4. The Bertz CT molecular complexity index is 948. The largest absolute Gasteiger partial charge is 0.348 e. The van der Waals surface area contributed by atoms with Gasteiger partial charge in [-0.15, -0.1) is 0 Å². The molecule has 0 aromatic heterocycles. The number of nitrogens with one attached hydrogen (secondary N) is 1. The second-order valence-corrected chi connectivity index (χ2v) is 7.99. The Morgan fingerprint density at radius 2 is 1.78 bits per heavy atom. The molecule has 2 aromatic carbocycles. The van der Waals surface area contributed by atoms with Crippen molar-refractivity contribution in [2.45, 2.75) is 25.3 Å². The Labute approximate surface area is 162 Å². The molecule has 0 heterocycles. The van der Waals surface area contributed by atoms with Crippen LogP contribution in [0.15, 0.2) is 41.3 Å². The maximum atomic E-state index is 13.7. The quantitative estimate of drug-likeness (QED) is 0.750. The van der Waals surface area contributed by atoms with E-state index in [1.807, 2.05) is 0 Å². The molecule has 0 saturated heterocycles. The molecular weight excluding hydrogens is 398 g/mol. The van der Waals surface area contributed by atoms with Gasteiger partial charge < -0.3 is 5.32 Å². The maximum absolute atomic E-state index is 13.7. The number of hydrogen-bond acceptors (Lipinski definition) is 3. The minimum absolute atomic E-state index is 0.0358. The molecule has 0 fully saturated rings. The van der Waals surface area contributed by atoms with Crippen molar-refractivity contribution < 1.29 is 22.0 Å². The maximum Gasteiger partial charge on any atom is 0.253 e. The van der Waals surface area contributed by atoms with Crippen molar-refractivity contribution >= 4 is 27.5 Å². The van der Waals surface area contributed by atoms with Gasteiger partial charge in [0.2, 0.25) is 10.0 Å². The number of nitrogens with zero attached hydrogens (tertiary/aromatic N) is 1. The van der Waals surface area contributed by atoms with E-state index in [4.69, 9.17) is 11.6 Å². The summed E-state index contributed by atoms with van der Waals surface area (Å²) < 4.78 is 53.3. The van der Waals surface area contributed by atoms with Crippen LogP contribution < -0.4 is 5.32 Å². The van der Waals surface area contributed by atoms with Gasteiger partial charge in [0, 0.05) is 25.2 Å². The van der Waals surface area contributed by atoms with Crippen LogP contribution in [-0.4, -0.2) is 31.7 Å². The fourth-order valence-corrected chi connectivity index (χ4v) is 4.19. The van der Waals surface area contributed by atoms with Crippen LogP contribution >= 0.6 is 11.6 Å². The first kappa shape index (κ1) is 21.3. The summed E-state index contributed by atoms with van der Waals surface area (Å²) in [5.41, 5.74) is -0.104. The molecule has 0 saturated carbocycles. The van der Waals surface area contributed by atoms with Crippen molar-refractivity contribution in [1.29, 1.82) is 0 Å². The van der Waals surface area contributed by atoms with E-state index in [9.17, 15) is 22.0 Å². The summed E-state index contributed by atoms with van der Waals surface area (Å²) in [6.45, 7) is 3.70. The van der Waals surface area contributed by atoms with Gasteiger partial charge in [0.15, 0.2) is 0 Å². The molecule has 1 amide bonds. The highest BCUT2D eigenvalue weighted by molar-refractivity contribution is 7.89. The molecule has 0 radical (unpaired) electrons. The number of carbonyl (C=O) groups excluding carboxylic acids is 1. The minimum atomic E-state index is -3.77. The van der Waals surface area contributed by atoms with Crippen molar-refractivity contribution in [1.82, 2.24) is 9.62 Å². The Morgan fingerprint density at radius 1 is 1.11 bits per heavy atom. The van der Waals surface area contributed by atoms with E-state index >= 15 is 0 Å². The summed E-state index contributed by atoms with van der Waals surface area (Å²) in [5.74, 6) is -1.99. The number of carbonyl (C=O) groups is 1. The highest BCUT2D eigenvalue weighted by atomic mass is 35.5. The Morgan fingerprint density at radius 3 is 2.41 bits per heavy atom. The number of benzene rings is 2. The first-order chi connectivity index (χ1) is 12.7. The molecule has 0 atom stereocenters. The molecule has 146 valence electrons. The third kappa shape index (κ3) is 4.82. The van der Waals surface area contributed by atoms with E-state index in [-0.39, 0.29) is 40.7 Å². The monoisotopic (exact) mass is 416 g/mol. The summed E-state index contributed by atoms with van der Waals surface area (Å²) in [6, 6.07) is 6.71. The molecule has 0 aliphatic heterocycles. The van der Waals surface area contributed by atoms with Gasteiger partial charge in [0.25, 0.3) is 5.91 Å². The third-order valence-electron chi connectivity index (χ3n) is 3.97. The van der Waals surface area contributed by atoms with Gasteiger partial charge in [-0.1, -0.05) is 25.4 Å². The fraction of sp³-hybridized carbons (Fsp3) is 0.278. The predicted octanol–water partition coefficient (Wildman–Crippen LogP) is 3.58. The molecule has 9 heteroatoms. The van der Waals surface area contributed by atoms with Gasteiger partial charge in [-0.3, -0.25) is 4.79 Å². The van der Waals surface area contributed by atoms with Crippen molar-refractivity contribution in [3.05, 3.63) is 64.2 Å². The summed E-state index contributed by atoms with van der Waals surface area (Å²) >= 11 is 6.02. The van der Waals surface area contributed by atoms with E-state index in [0.29, 0.717) is 0 Å². The molecule has 5 nitrogen and oxygen atoms in total. The van der Waals surface area contributed by atoms with Gasteiger partial charge in [0.05, 0.1) is 15.5 Å². The minimum Gasteiger partial charge on any atom is -0.348 e. The second kappa shape index (κ2) is 8.77. The van der Waals surface area contributed by atoms with Crippen LogP contribution in [0.5, 0.6) is 0 Å². The average Bonchev–Trinajstić information content (AvgIpc) is 2.63. The first-order valence-electron chi connectivity index (χ1n) is 8.22. The van der Waals surface area contributed by atoms with Crippen LogP contribution in [0.2, 0.25) is 5.02 Å². The van der Waals surface area contributed by atoms with Gasteiger partial charge >= 0.3 is 0 Å². The van der Waals surface area contributed by atoms with Gasteiger partial charge in [-0.05, 0) is 36.4 Å². The summed E-state index contributed by atoms with van der Waals surface area (Å²) in [7, 11) is -3.77. The summed E-state index contributed by atoms with van der Waals surface area (Å²) in [6.07, 6.45) is 0. The summed E-state index contributed by atoms with van der Waals surface area (Å²) in [4.78, 5) is 12.3. The molecule has 0 spiro atoms. The van der Waals surface area contributed by atoms with Crippen LogP contribution in [0.1, 0.15) is 29.8 Å². The fourth-order valence-electron chi connectivity index (χ4n) is 2.50. The summed E-state index contributed by atoms with van der Waals surface area (Å²) in [5, 5.41) is 2.47. The molecule has 27 heavy (non-hydrogen) atoms. The molecule has 0 bridgehead atoms. The SMILES string of the molecule is CCN(CC)S(=O)(=O)c1ccc(Cl)c(C(=O)NCc2cc(F)ccc2F)c1. The predicted molar refractivity (Wildman–Crippen MR) is 99.1 cm³/mol. The molecule has 0 unspecified atom stereocenters. The van der Waals surface area contributed by atoms with Crippen LogP contribution in [0.4, 0.5) is 8.78 Å². The van der Waals surface area contributed by atoms with E-state index < -0.39 is 27.6 Å². The van der Waals surface area contributed by atoms with E-state index in [1.165, 1.54) is 22.5 Å². The number of sulfonamides is 1. The zero-order valence-electron chi connectivity index (χ0n) is 14.8. The van der Waals surface area contributed by atoms with Gasteiger partial charge in [0.1, 0.15) is 11.6 Å². The van der Waals surface area contributed by atoms with Crippen LogP contribution in [0, 0.1) is 11.6 Å². The molecule has 2 rings (SSSR count). The molecular formula is C18H19ClF2N2O3S. The Kier molecular flexibility index (Phi) is 6.91. The highest BCUT2D eigenvalue weighted by Gasteiger charge is 2.24. The number of hydrogen-bond donors (Lipinski definition) is 1. The zero-order chi connectivity index (χ0) is 20.2. The van der Waals surface area contributed by atoms with E-state index in [1.54, 1.807) is 13.8 Å². The normalized spacial score (nSPS) is 11.6. The smallest absolute Gasteiger partial charge is 0.253 e. The average molecular weight is 417 g/mol. The van der Waals surface area contributed by atoms with Crippen LogP contribution in [-0.2, 0) is 16.6 Å². The molecule has 0 aliphatic carbocycles. The van der Waals surface area contributed by atoms with E-state index in [2.05, 4.69) is 5.32 Å². The van der Waals surface area contributed by atoms with Crippen LogP contribution in [0.25, 0.3) is 0 Å². The van der Waals surface area contributed by atoms with Crippen molar-refractivity contribution in [2.24, 2.45) is 0 Å². The van der Waals surface area contributed by atoms with Crippen molar-refractivity contribution in [3.8, 4) is 0 Å². The topological polar surface area (TPSA) is 66.5 Å². The van der Waals surface area contributed by atoms with Crippen molar-refractivity contribution in [3.63, 3.8) is 0 Å². The van der Waals surface area contributed by atoms with Gasteiger partial charge in [-0.2, -0.15) is 4.31 Å². The second-order valence-electron chi connectivity index (χ2n) is 5.65. The standard InChI is InChI=1S/C18H19ClF2N2O3S/c1-3-23(4-2)27(25,26)14-6-7-16(19)15(10-14)18(24)22-11-12-9-13(20)5-8-17(12)21/h5-10H,3-4,11H2,1-2H3,(H,22,24). The lowest BCUT2D eigenvalue weighted by Crippen LogP contribution is -2.31. The highest BCUT2D eigenvalue weighted by Crippen LogP contribution is 2.23. The Hall–Kier alpha value is -2.03. The number of halogens is 3. The molecule has 1 N–H and O–H groups in total.